The van der Waals surface area contributed by atoms with Gasteiger partial charge in [-0.2, -0.15) is 0 Å². The second-order valence-electron chi connectivity index (χ2n) is 6.88. The summed E-state index contributed by atoms with van der Waals surface area (Å²) in [7, 11) is 0. The van der Waals surface area contributed by atoms with E-state index in [0.29, 0.717) is 5.57 Å². The maximum Gasteiger partial charge on any atom is 0.151 e. The van der Waals surface area contributed by atoms with Gasteiger partial charge in [-0.25, -0.2) is 4.79 Å². The third-order valence-electron chi connectivity index (χ3n) is 5.78. The second-order valence-corrected chi connectivity index (χ2v) is 6.88. The molecular formula is C21H20O3. The van der Waals surface area contributed by atoms with Crippen LogP contribution in [0.1, 0.15) is 49.3 Å². The van der Waals surface area contributed by atoms with Gasteiger partial charge in [0.25, 0.3) is 0 Å². The van der Waals surface area contributed by atoms with Crippen molar-refractivity contribution in [3.05, 3.63) is 40.5 Å². The summed E-state index contributed by atoms with van der Waals surface area (Å²) < 4.78 is 5.89. The number of benzene rings is 1. The number of carbonyl (C=O) groups excluding carboxylic acids is 2. The normalized spacial score (nSPS) is 33.2. The minimum atomic E-state index is -0.442. The average molecular weight is 320 g/mol. The number of aryl methyl sites for hydroxylation is 1. The summed E-state index contributed by atoms with van der Waals surface area (Å²) in [6.07, 6.45) is 2.71. The lowest BCUT2D eigenvalue weighted by Gasteiger charge is -2.18. The first-order valence-electron chi connectivity index (χ1n) is 8.69. The van der Waals surface area contributed by atoms with Crippen molar-refractivity contribution in [2.75, 3.05) is 0 Å². The van der Waals surface area contributed by atoms with E-state index in [0.717, 1.165) is 36.0 Å². The Bertz CT molecular complexity index is 819. The SMILES string of the molecule is CC#Cc1ccc(C2C(=O)[C@H]3C4CCC(O4)[C@H]3C2=C=O)c(CC)c1. The first kappa shape index (κ1) is 15.4. The Morgan fingerprint density at radius 2 is 1.96 bits per heavy atom. The van der Waals surface area contributed by atoms with Crippen LogP contribution >= 0.6 is 0 Å². The highest BCUT2D eigenvalue weighted by molar-refractivity contribution is 5.98. The lowest BCUT2D eigenvalue weighted by molar-refractivity contribution is -0.123. The van der Waals surface area contributed by atoms with Crippen LogP contribution in [0.25, 0.3) is 0 Å². The van der Waals surface area contributed by atoms with Gasteiger partial charge >= 0.3 is 0 Å². The van der Waals surface area contributed by atoms with Gasteiger partial charge in [0.2, 0.25) is 0 Å². The Labute approximate surface area is 142 Å². The van der Waals surface area contributed by atoms with E-state index in [4.69, 9.17) is 4.74 Å². The van der Waals surface area contributed by atoms with Gasteiger partial charge in [0, 0.05) is 17.1 Å². The van der Waals surface area contributed by atoms with Crippen LogP contribution in [0.2, 0.25) is 0 Å². The van der Waals surface area contributed by atoms with Gasteiger partial charge < -0.3 is 4.74 Å². The third kappa shape index (κ3) is 2.04. The molecule has 3 aliphatic rings. The number of hydrogen-bond donors (Lipinski definition) is 0. The van der Waals surface area contributed by atoms with Crippen molar-refractivity contribution in [3.8, 4) is 11.8 Å². The molecule has 2 heterocycles. The predicted molar refractivity (Wildman–Crippen MR) is 90.2 cm³/mol. The highest BCUT2D eigenvalue weighted by atomic mass is 16.5. The molecule has 1 saturated carbocycles. The zero-order chi connectivity index (χ0) is 16.8. The summed E-state index contributed by atoms with van der Waals surface area (Å²) in [5.41, 5.74) is 3.61. The Morgan fingerprint density at radius 3 is 2.62 bits per heavy atom. The molecule has 122 valence electrons. The summed E-state index contributed by atoms with van der Waals surface area (Å²) in [6, 6.07) is 5.96. The number of ether oxygens (including phenoxy) is 1. The van der Waals surface area contributed by atoms with E-state index in [1.165, 1.54) is 0 Å². The summed E-state index contributed by atoms with van der Waals surface area (Å²) in [4.78, 5) is 24.8. The standard InChI is InChI=1S/C21H20O3/c1-3-5-12-6-7-14(13(4-2)10-12)18-15(11-22)19-16-8-9-17(24-16)20(19)21(18)23/h6-7,10,16-20H,4,8-9H2,1-2H3/t16?,17?,18?,19-,20+/m1/s1. The quantitative estimate of drug-likeness (QED) is 0.622. The minimum absolute atomic E-state index is 0.00356. The van der Waals surface area contributed by atoms with E-state index < -0.39 is 5.92 Å². The number of fused-ring (bicyclic) bond motifs is 5. The van der Waals surface area contributed by atoms with Crippen LogP contribution in [0.4, 0.5) is 0 Å². The van der Waals surface area contributed by atoms with E-state index in [2.05, 4.69) is 24.7 Å². The number of Topliss-reactive ketones (excluding diaryl/α,β-unsaturated/α-hetero) is 1. The Balaban J connectivity index is 1.80. The molecule has 2 bridgehead atoms. The van der Waals surface area contributed by atoms with Gasteiger partial charge in [0.05, 0.1) is 24.0 Å². The smallest absolute Gasteiger partial charge is 0.151 e. The van der Waals surface area contributed by atoms with Crippen LogP contribution < -0.4 is 0 Å². The fourth-order valence-electron chi connectivity index (χ4n) is 4.84. The summed E-state index contributed by atoms with van der Waals surface area (Å²) in [6.45, 7) is 3.88. The van der Waals surface area contributed by atoms with Gasteiger partial charge in [-0.1, -0.05) is 18.9 Å². The van der Waals surface area contributed by atoms with Crippen LogP contribution in [-0.4, -0.2) is 23.9 Å². The first-order chi connectivity index (χ1) is 11.7. The summed E-state index contributed by atoms with van der Waals surface area (Å²) in [5.74, 6) is 7.59. The first-order valence-corrected chi connectivity index (χ1v) is 8.69. The molecule has 3 unspecified atom stereocenters. The number of carbonyl (C=O) groups is 1. The Morgan fingerprint density at radius 1 is 1.21 bits per heavy atom. The van der Waals surface area contributed by atoms with Crippen molar-refractivity contribution < 1.29 is 14.3 Å². The Kier molecular flexibility index (Phi) is 3.68. The van der Waals surface area contributed by atoms with Gasteiger partial charge in [0.1, 0.15) is 5.94 Å². The van der Waals surface area contributed by atoms with Crippen LogP contribution in [0.15, 0.2) is 23.8 Å². The molecule has 0 N–H and O–H groups in total. The molecule has 0 spiro atoms. The van der Waals surface area contributed by atoms with Gasteiger partial charge in [0.15, 0.2) is 5.78 Å². The van der Waals surface area contributed by atoms with Crippen molar-refractivity contribution in [1.29, 1.82) is 0 Å². The second kappa shape index (κ2) is 5.74. The van der Waals surface area contributed by atoms with Crippen LogP contribution in [0, 0.1) is 23.7 Å². The molecule has 0 amide bonds. The summed E-state index contributed by atoms with van der Waals surface area (Å²) in [5, 5.41) is 0. The van der Waals surface area contributed by atoms with Crippen molar-refractivity contribution in [2.24, 2.45) is 11.8 Å². The lowest BCUT2D eigenvalue weighted by Crippen LogP contribution is -2.27. The minimum Gasteiger partial charge on any atom is -0.374 e. The van der Waals surface area contributed by atoms with Crippen molar-refractivity contribution in [1.82, 2.24) is 0 Å². The molecule has 5 atom stereocenters. The van der Waals surface area contributed by atoms with Gasteiger partial charge in [-0.05, 0) is 49.4 Å². The highest BCUT2D eigenvalue weighted by Gasteiger charge is 2.61. The molecule has 4 rings (SSSR count). The maximum atomic E-state index is 13.1. The van der Waals surface area contributed by atoms with Crippen molar-refractivity contribution in [3.63, 3.8) is 0 Å². The van der Waals surface area contributed by atoms with Crippen LogP contribution in [-0.2, 0) is 20.7 Å². The molecule has 2 aliphatic heterocycles. The number of ketones is 1. The molecule has 3 heteroatoms. The number of rotatable bonds is 2. The van der Waals surface area contributed by atoms with E-state index in [1.54, 1.807) is 0 Å². The zero-order valence-corrected chi connectivity index (χ0v) is 14.0. The van der Waals surface area contributed by atoms with E-state index >= 15 is 0 Å². The number of hydrogen-bond acceptors (Lipinski definition) is 3. The molecule has 0 aromatic heterocycles. The maximum absolute atomic E-state index is 13.1. The Hall–Kier alpha value is -2.14. The van der Waals surface area contributed by atoms with Crippen LogP contribution in [0.3, 0.4) is 0 Å². The van der Waals surface area contributed by atoms with E-state index in [-0.39, 0.29) is 29.8 Å². The van der Waals surface area contributed by atoms with Crippen LogP contribution in [0.5, 0.6) is 0 Å². The average Bonchev–Trinajstić information content (AvgIpc) is 3.27. The molecule has 2 saturated heterocycles. The van der Waals surface area contributed by atoms with E-state index in [1.807, 2.05) is 25.1 Å². The predicted octanol–water partition coefficient (Wildman–Crippen LogP) is 2.84. The molecule has 24 heavy (non-hydrogen) atoms. The van der Waals surface area contributed by atoms with Crippen molar-refractivity contribution in [2.45, 2.75) is 51.2 Å². The molecular weight excluding hydrogens is 300 g/mol. The molecule has 1 aliphatic carbocycles. The molecule has 1 aromatic rings. The summed E-state index contributed by atoms with van der Waals surface area (Å²) >= 11 is 0. The molecule has 1 aromatic carbocycles. The molecule has 3 nitrogen and oxygen atoms in total. The topological polar surface area (TPSA) is 43.4 Å². The monoisotopic (exact) mass is 320 g/mol. The van der Waals surface area contributed by atoms with Gasteiger partial charge in [-0.15, -0.1) is 5.92 Å². The fraction of sp³-hybridized carbons (Fsp3) is 0.476. The van der Waals surface area contributed by atoms with E-state index in [9.17, 15) is 9.59 Å². The van der Waals surface area contributed by atoms with Gasteiger partial charge in [-0.3, -0.25) is 4.79 Å². The fourth-order valence-corrected chi connectivity index (χ4v) is 4.84. The van der Waals surface area contributed by atoms with Crippen molar-refractivity contribution >= 4 is 11.7 Å². The zero-order valence-electron chi connectivity index (χ0n) is 14.0. The largest absolute Gasteiger partial charge is 0.374 e. The molecule has 3 fully saturated rings. The molecule has 0 radical (unpaired) electrons. The lowest BCUT2D eigenvalue weighted by atomic mass is 9.80. The third-order valence-corrected chi connectivity index (χ3v) is 5.78. The highest BCUT2D eigenvalue weighted by Crippen LogP contribution is 2.56.